The van der Waals surface area contributed by atoms with Crippen LogP contribution in [0.25, 0.3) is 0 Å². The lowest BCUT2D eigenvalue weighted by atomic mass is 10.6. The number of nitrogens with zero attached hydrogens (tertiary/aromatic N) is 1. The number of aromatic nitrogens is 3. The summed E-state index contributed by atoms with van der Waals surface area (Å²) in [6.45, 7) is 0.366. The average Bonchev–Trinajstić information content (AvgIpc) is 2.08. The Balaban J connectivity index is 2.64. The van der Waals surface area contributed by atoms with Gasteiger partial charge in [-0.3, -0.25) is 14.0 Å². The quantitative estimate of drug-likeness (QED) is 0.555. The van der Waals surface area contributed by atoms with Gasteiger partial charge in [-0.2, -0.15) is 0 Å². The predicted octanol–water partition coefficient (Wildman–Crippen LogP) is -1.75. The molecule has 0 saturated carbocycles. The molecule has 0 aliphatic heterocycles. The normalized spacial score (nSPS) is 12.4. The molecule has 1 aromatic heterocycles. The van der Waals surface area contributed by atoms with E-state index in [0.717, 1.165) is 0 Å². The maximum absolute atomic E-state index is 11.0. The minimum Gasteiger partial charge on any atom is -0.363 e. The van der Waals surface area contributed by atoms with Crippen LogP contribution < -0.4 is 16.6 Å². The highest BCUT2D eigenvalue weighted by molar-refractivity contribution is 7.84. The maximum atomic E-state index is 11.0. The summed E-state index contributed by atoms with van der Waals surface area (Å²) in [5, 5.41) is 8.22. The zero-order valence-electron chi connectivity index (χ0n) is 7.49. The minimum atomic E-state index is -0.925. The molecule has 1 aromatic rings. The second-order valence-electron chi connectivity index (χ2n) is 2.56. The lowest BCUT2D eigenvalue weighted by Gasteiger charge is -2.00. The first-order valence-corrected chi connectivity index (χ1v) is 5.55. The van der Waals surface area contributed by atoms with Crippen molar-refractivity contribution in [2.24, 2.45) is 0 Å². The molecule has 3 N–H and O–H groups in total. The molecule has 14 heavy (non-hydrogen) atoms. The molecule has 0 radical (unpaired) electrons. The van der Waals surface area contributed by atoms with Crippen LogP contribution in [0.2, 0.25) is 0 Å². The standard InChI is InChI=1S/C6H10N4O3S/c1-14(13)3-2-7-4-5(11)8-6(12)10-9-4/h2-3H2,1H3,(H,7,9)(H2,8,10,11,12). The first-order chi connectivity index (χ1) is 6.59. The second kappa shape index (κ2) is 4.70. The van der Waals surface area contributed by atoms with Crippen LogP contribution in [0.5, 0.6) is 0 Å². The van der Waals surface area contributed by atoms with Gasteiger partial charge in [0.25, 0.3) is 5.56 Å². The third-order valence-corrected chi connectivity index (χ3v) is 2.17. The van der Waals surface area contributed by atoms with E-state index in [-0.39, 0.29) is 5.82 Å². The summed E-state index contributed by atoms with van der Waals surface area (Å²) >= 11 is 0. The SMILES string of the molecule is CS(=O)CCNc1n[nH]c(=O)[nH]c1=O. The summed E-state index contributed by atoms with van der Waals surface area (Å²) < 4.78 is 10.7. The molecule has 1 heterocycles. The molecule has 7 nitrogen and oxygen atoms in total. The highest BCUT2D eigenvalue weighted by Crippen LogP contribution is 1.85. The van der Waals surface area contributed by atoms with E-state index in [0.29, 0.717) is 12.3 Å². The Morgan fingerprint density at radius 1 is 1.50 bits per heavy atom. The fourth-order valence-electron chi connectivity index (χ4n) is 0.781. The van der Waals surface area contributed by atoms with Crippen molar-refractivity contribution in [1.29, 1.82) is 0 Å². The van der Waals surface area contributed by atoms with Crippen LogP contribution in [0, 0.1) is 0 Å². The van der Waals surface area contributed by atoms with Crippen molar-refractivity contribution in [2.75, 3.05) is 23.9 Å². The summed E-state index contributed by atoms with van der Waals surface area (Å²) in [7, 11) is -0.925. The van der Waals surface area contributed by atoms with Crippen molar-refractivity contribution >= 4 is 16.6 Å². The van der Waals surface area contributed by atoms with Crippen LogP contribution >= 0.6 is 0 Å². The van der Waals surface area contributed by atoms with E-state index >= 15 is 0 Å². The minimum absolute atomic E-state index is 0.0232. The maximum Gasteiger partial charge on any atom is 0.342 e. The molecule has 0 aliphatic carbocycles. The molecule has 0 aliphatic rings. The van der Waals surface area contributed by atoms with Gasteiger partial charge >= 0.3 is 5.69 Å². The largest absolute Gasteiger partial charge is 0.363 e. The molecule has 0 saturated heterocycles. The van der Waals surface area contributed by atoms with Crippen LogP contribution in [0.4, 0.5) is 5.82 Å². The van der Waals surface area contributed by atoms with Gasteiger partial charge in [0.05, 0.1) is 0 Å². The predicted molar refractivity (Wildman–Crippen MR) is 52.9 cm³/mol. The van der Waals surface area contributed by atoms with E-state index in [9.17, 15) is 13.8 Å². The summed E-state index contributed by atoms with van der Waals surface area (Å²) in [5.41, 5.74) is -1.24. The lowest BCUT2D eigenvalue weighted by molar-refractivity contribution is 0.687. The summed E-state index contributed by atoms with van der Waals surface area (Å²) in [6.07, 6.45) is 1.56. The van der Waals surface area contributed by atoms with Crippen LogP contribution in [0.15, 0.2) is 9.59 Å². The van der Waals surface area contributed by atoms with E-state index in [1.165, 1.54) is 0 Å². The molecule has 0 fully saturated rings. The molecule has 0 aromatic carbocycles. The Hall–Kier alpha value is -1.44. The van der Waals surface area contributed by atoms with E-state index in [1.807, 2.05) is 4.98 Å². The fraction of sp³-hybridized carbons (Fsp3) is 0.500. The molecule has 1 unspecified atom stereocenters. The average molecular weight is 218 g/mol. The topological polar surface area (TPSA) is 108 Å². The number of aromatic amines is 2. The van der Waals surface area contributed by atoms with Crippen molar-refractivity contribution in [3.05, 3.63) is 20.8 Å². The van der Waals surface area contributed by atoms with E-state index in [4.69, 9.17) is 0 Å². The van der Waals surface area contributed by atoms with Crippen LogP contribution in [-0.4, -0.2) is 37.9 Å². The highest BCUT2D eigenvalue weighted by atomic mass is 32.2. The number of rotatable bonds is 4. The molecule has 1 atom stereocenters. The van der Waals surface area contributed by atoms with E-state index in [2.05, 4.69) is 15.5 Å². The van der Waals surface area contributed by atoms with E-state index in [1.54, 1.807) is 6.26 Å². The van der Waals surface area contributed by atoms with Crippen LogP contribution in [0.3, 0.4) is 0 Å². The van der Waals surface area contributed by atoms with Crippen LogP contribution in [-0.2, 0) is 10.8 Å². The molecule has 8 heteroatoms. The molecule has 0 spiro atoms. The Kier molecular flexibility index (Phi) is 3.57. The monoisotopic (exact) mass is 218 g/mol. The molecular formula is C6H10N4O3S. The number of anilines is 1. The lowest BCUT2D eigenvalue weighted by Crippen LogP contribution is -2.27. The number of nitrogens with one attached hydrogen (secondary N) is 3. The molecular weight excluding hydrogens is 208 g/mol. The van der Waals surface area contributed by atoms with Gasteiger partial charge in [0.15, 0.2) is 0 Å². The molecule has 0 bridgehead atoms. The zero-order valence-corrected chi connectivity index (χ0v) is 8.31. The van der Waals surface area contributed by atoms with Gasteiger partial charge < -0.3 is 5.32 Å². The van der Waals surface area contributed by atoms with Crippen molar-refractivity contribution < 1.29 is 4.21 Å². The van der Waals surface area contributed by atoms with Gasteiger partial charge in [-0.1, -0.05) is 0 Å². The Labute approximate surface area is 81.4 Å². The van der Waals surface area contributed by atoms with E-state index < -0.39 is 22.0 Å². The van der Waals surface area contributed by atoms with Crippen molar-refractivity contribution in [3.63, 3.8) is 0 Å². The zero-order chi connectivity index (χ0) is 10.6. The third-order valence-electron chi connectivity index (χ3n) is 1.39. The molecule has 0 amide bonds. The molecule has 78 valence electrons. The first-order valence-electron chi connectivity index (χ1n) is 3.82. The smallest absolute Gasteiger partial charge is 0.342 e. The fourth-order valence-corrected chi connectivity index (χ4v) is 1.17. The number of H-pyrrole nitrogens is 2. The summed E-state index contributed by atoms with van der Waals surface area (Å²) in [5.74, 6) is 0.440. The second-order valence-corrected chi connectivity index (χ2v) is 4.11. The van der Waals surface area contributed by atoms with Gasteiger partial charge in [-0.25, -0.2) is 9.89 Å². The number of hydrogen-bond donors (Lipinski definition) is 3. The Morgan fingerprint density at radius 3 is 2.79 bits per heavy atom. The van der Waals surface area contributed by atoms with Gasteiger partial charge in [0.1, 0.15) is 0 Å². The van der Waals surface area contributed by atoms with Gasteiger partial charge in [0, 0.05) is 29.4 Å². The van der Waals surface area contributed by atoms with Crippen molar-refractivity contribution in [2.45, 2.75) is 0 Å². The Morgan fingerprint density at radius 2 is 2.21 bits per heavy atom. The van der Waals surface area contributed by atoms with Gasteiger partial charge in [-0.15, -0.1) is 5.10 Å². The Bertz CT molecular complexity index is 437. The van der Waals surface area contributed by atoms with Gasteiger partial charge in [-0.05, 0) is 0 Å². The van der Waals surface area contributed by atoms with Gasteiger partial charge in [0.2, 0.25) is 5.82 Å². The third kappa shape index (κ3) is 3.13. The van der Waals surface area contributed by atoms with Crippen LogP contribution in [0.1, 0.15) is 0 Å². The summed E-state index contributed by atoms with van der Waals surface area (Å²) in [4.78, 5) is 23.6. The highest BCUT2D eigenvalue weighted by Gasteiger charge is 2.00. The molecule has 1 rings (SSSR count). The first kappa shape index (κ1) is 10.6. The van der Waals surface area contributed by atoms with Crippen molar-refractivity contribution in [3.8, 4) is 0 Å². The van der Waals surface area contributed by atoms with Crippen molar-refractivity contribution in [1.82, 2.24) is 15.2 Å². The summed E-state index contributed by atoms with van der Waals surface area (Å²) in [6, 6.07) is 0. The number of hydrogen-bond acceptors (Lipinski definition) is 5.